The number of carbonyl (C=O) groups is 1. The fourth-order valence-electron chi connectivity index (χ4n) is 3.64. The van der Waals surface area contributed by atoms with Gasteiger partial charge in [0, 0.05) is 10.9 Å². The van der Waals surface area contributed by atoms with E-state index in [1.165, 1.54) is 0 Å². The maximum absolute atomic E-state index is 11.8. The zero-order valence-electron chi connectivity index (χ0n) is 14.9. The predicted molar refractivity (Wildman–Crippen MR) is 112 cm³/mol. The first-order chi connectivity index (χ1) is 13.8. The molecule has 0 atom stereocenters. The molecular weight excluding hydrogens is 348 g/mol. The zero-order valence-corrected chi connectivity index (χ0v) is 14.9. The number of rotatable bonds is 3. The second kappa shape index (κ2) is 6.32. The second-order valence-electron chi connectivity index (χ2n) is 6.60. The summed E-state index contributed by atoms with van der Waals surface area (Å²) >= 11 is 0. The van der Waals surface area contributed by atoms with Crippen LogP contribution in [0.4, 0.5) is 5.69 Å². The van der Waals surface area contributed by atoms with E-state index in [1.54, 1.807) is 4.68 Å². The number of fused-ring (bicyclic) bond motifs is 2. The van der Waals surface area contributed by atoms with Crippen molar-refractivity contribution in [2.24, 2.45) is 0 Å². The summed E-state index contributed by atoms with van der Waals surface area (Å²) in [5, 5.41) is 10.8. The van der Waals surface area contributed by atoms with Crippen LogP contribution in [0.5, 0.6) is 0 Å². The van der Waals surface area contributed by atoms with Crippen LogP contribution in [-0.2, 0) is 0 Å². The summed E-state index contributed by atoms with van der Waals surface area (Å²) in [5.41, 5.74) is 11.0. The highest BCUT2D eigenvalue weighted by Gasteiger charge is 2.18. The maximum atomic E-state index is 11.8. The molecule has 0 radical (unpaired) electrons. The normalized spacial score (nSPS) is 11.1. The molecule has 0 saturated heterocycles. The molecule has 0 saturated carbocycles. The van der Waals surface area contributed by atoms with Gasteiger partial charge in [-0.1, -0.05) is 71.9 Å². The fourth-order valence-corrected chi connectivity index (χ4v) is 3.64. The molecule has 1 heterocycles. The number of carbonyl (C=O) groups excluding carboxylic acids is 1. The molecule has 28 heavy (non-hydrogen) atoms. The maximum Gasteiger partial charge on any atom is 0.154 e. The lowest BCUT2D eigenvalue weighted by Crippen LogP contribution is -2.01. The lowest BCUT2D eigenvalue weighted by Gasteiger charge is -2.11. The largest absolute Gasteiger partial charge is 0.398 e. The number of nitrogens with two attached hydrogens (primary N) is 1. The van der Waals surface area contributed by atoms with Gasteiger partial charge < -0.3 is 5.73 Å². The van der Waals surface area contributed by atoms with Crippen molar-refractivity contribution in [1.29, 1.82) is 0 Å². The SMILES string of the molecule is Nc1c(-c2ccccc2)cc2c(nnn2-c2cccc3ccccc23)c1C=O. The molecule has 0 aliphatic heterocycles. The number of aldehydes is 1. The predicted octanol–water partition coefficient (Wildman–Crippen LogP) is 4.64. The molecule has 5 nitrogen and oxygen atoms in total. The topological polar surface area (TPSA) is 73.8 Å². The summed E-state index contributed by atoms with van der Waals surface area (Å²) in [6.45, 7) is 0. The van der Waals surface area contributed by atoms with E-state index in [2.05, 4.69) is 22.4 Å². The molecule has 0 aliphatic rings. The van der Waals surface area contributed by atoms with Crippen LogP contribution in [0.15, 0.2) is 78.9 Å². The summed E-state index contributed by atoms with van der Waals surface area (Å²) in [6.07, 6.45) is 0.756. The molecule has 2 N–H and O–H groups in total. The van der Waals surface area contributed by atoms with E-state index in [0.29, 0.717) is 16.8 Å². The molecular formula is C23H16N4O. The lowest BCUT2D eigenvalue weighted by atomic mass is 9.99. The van der Waals surface area contributed by atoms with Crippen molar-refractivity contribution in [1.82, 2.24) is 15.0 Å². The van der Waals surface area contributed by atoms with Gasteiger partial charge >= 0.3 is 0 Å². The standard InChI is InChI=1S/C23H16N4O/c24-22-18(16-7-2-1-3-8-16)13-21-23(19(22)14-28)25-26-27(21)20-12-6-10-15-9-4-5-11-17(15)20/h1-14H,24H2. The van der Waals surface area contributed by atoms with Crippen LogP contribution in [0.1, 0.15) is 10.4 Å². The fraction of sp³-hybridized carbons (Fsp3) is 0. The second-order valence-corrected chi connectivity index (χ2v) is 6.60. The van der Waals surface area contributed by atoms with Gasteiger partial charge in [0.2, 0.25) is 0 Å². The quantitative estimate of drug-likeness (QED) is 0.374. The minimum Gasteiger partial charge on any atom is -0.398 e. The average molecular weight is 364 g/mol. The van der Waals surface area contributed by atoms with Crippen molar-refractivity contribution in [3.05, 3.63) is 84.4 Å². The minimum absolute atomic E-state index is 0.364. The number of hydrogen-bond donors (Lipinski definition) is 1. The van der Waals surface area contributed by atoms with Gasteiger partial charge in [-0.15, -0.1) is 5.10 Å². The smallest absolute Gasteiger partial charge is 0.154 e. The Labute approximate surface area is 161 Å². The number of nitrogens with zero attached hydrogens (tertiary/aromatic N) is 3. The summed E-state index contributed by atoms with van der Waals surface area (Å²) < 4.78 is 1.77. The summed E-state index contributed by atoms with van der Waals surface area (Å²) in [4.78, 5) is 11.8. The van der Waals surface area contributed by atoms with E-state index in [9.17, 15) is 4.79 Å². The van der Waals surface area contributed by atoms with Gasteiger partial charge in [-0.3, -0.25) is 4.79 Å². The molecule has 4 aromatic carbocycles. The van der Waals surface area contributed by atoms with Gasteiger partial charge in [-0.2, -0.15) is 0 Å². The van der Waals surface area contributed by atoms with Gasteiger partial charge in [-0.05, 0) is 23.1 Å². The van der Waals surface area contributed by atoms with Crippen LogP contribution in [-0.4, -0.2) is 21.3 Å². The summed E-state index contributed by atoms with van der Waals surface area (Å²) in [5.74, 6) is 0. The van der Waals surface area contributed by atoms with Crippen molar-refractivity contribution in [2.75, 3.05) is 5.73 Å². The molecule has 0 spiro atoms. The highest BCUT2D eigenvalue weighted by Crippen LogP contribution is 2.34. The van der Waals surface area contributed by atoms with Gasteiger partial charge in [0.05, 0.1) is 22.5 Å². The highest BCUT2D eigenvalue weighted by atomic mass is 16.1. The molecule has 0 unspecified atom stereocenters. The van der Waals surface area contributed by atoms with Gasteiger partial charge in [0.25, 0.3) is 0 Å². The van der Waals surface area contributed by atoms with E-state index in [1.807, 2.05) is 66.7 Å². The molecule has 0 aliphatic carbocycles. The van der Waals surface area contributed by atoms with Crippen LogP contribution in [0.25, 0.3) is 38.6 Å². The van der Waals surface area contributed by atoms with Gasteiger partial charge in [-0.25, -0.2) is 4.68 Å². The average Bonchev–Trinajstić information content (AvgIpc) is 3.17. The minimum atomic E-state index is 0.364. The highest BCUT2D eigenvalue weighted by molar-refractivity contribution is 6.06. The van der Waals surface area contributed by atoms with Crippen molar-refractivity contribution in [3.8, 4) is 16.8 Å². The molecule has 0 amide bonds. The molecule has 0 bridgehead atoms. The number of nitrogen functional groups attached to an aromatic ring is 1. The Bertz CT molecular complexity index is 1330. The Morgan fingerprint density at radius 1 is 0.893 bits per heavy atom. The van der Waals surface area contributed by atoms with Crippen LogP contribution in [0.3, 0.4) is 0 Å². The molecule has 134 valence electrons. The van der Waals surface area contributed by atoms with E-state index in [0.717, 1.165) is 39.4 Å². The summed E-state index contributed by atoms with van der Waals surface area (Å²) in [7, 11) is 0. The molecule has 5 rings (SSSR count). The third-order valence-corrected chi connectivity index (χ3v) is 5.02. The zero-order chi connectivity index (χ0) is 19.1. The van der Waals surface area contributed by atoms with Crippen LogP contribution >= 0.6 is 0 Å². The molecule has 1 aromatic heterocycles. The van der Waals surface area contributed by atoms with Crippen LogP contribution in [0.2, 0.25) is 0 Å². The Morgan fingerprint density at radius 2 is 1.64 bits per heavy atom. The Kier molecular flexibility index (Phi) is 3.66. The van der Waals surface area contributed by atoms with E-state index in [-0.39, 0.29) is 0 Å². The lowest BCUT2D eigenvalue weighted by molar-refractivity contribution is 0.112. The number of aromatic nitrogens is 3. The van der Waals surface area contributed by atoms with Crippen molar-refractivity contribution < 1.29 is 4.79 Å². The van der Waals surface area contributed by atoms with E-state index in [4.69, 9.17) is 5.73 Å². The van der Waals surface area contributed by atoms with Crippen LogP contribution in [0, 0.1) is 0 Å². The monoisotopic (exact) mass is 364 g/mol. The first-order valence-electron chi connectivity index (χ1n) is 8.94. The summed E-state index contributed by atoms with van der Waals surface area (Å²) in [6, 6.07) is 25.9. The van der Waals surface area contributed by atoms with Crippen molar-refractivity contribution in [3.63, 3.8) is 0 Å². The Balaban J connectivity index is 1.86. The van der Waals surface area contributed by atoms with Gasteiger partial charge in [0.15, 0.2) is 6.29 Å². The number of hydrogen-bond acceptors (Lipinski definition) is 4. The third kappa shape index (κ3) is 2.37. The number of benzene rings is 4. The Morgan fingerprint density at radius 3 is 2.46 bits per heavy atom. The van der Waals surface area contributed by atoms with E-state index < -0.39 is 0 Å². The molecule has 0 fully saturated rings. The third-order valence-electron chi connectivity index (χ3n) is 5.02. The van der Waals surface area contributed by atoms with E-state index >= 15 is 0 Å². The number of anilines is 1. The Hall–Kier alpha value is -3.99. The van der Waals surface area contributed by atoms with Gasteiger partial charge in [0.1, 0.15) is 5.52 Å². The molecule has 5 aromatic rings. The van der Waals surface area contributed by atoms with Crippen molar-refractivity contribution in [2.45, 2.75) is 0 Å². The van der Waals surface area contributed by atoms with Crippen molar-refractivity contribution >= 4 is 33.8 Å². The first-order valence-corrected chi connectivity index (χ1v) is 8.94. The van der Waals surface area contributed by atoms with Crippen LogP contribution < -0.4 is 5.73 Å². The molecule has 5 heteroatoms. The first kappa shape index (κ1) is 16.2.